The second-order valence-corrected chi connectivity index (χ2v) is 6.31. The maximum atomic E-state index is 12.5. The van der Waals surface area contributed by atoms with Crippen LogP contribution >= 0.6 is 0 Å². The largest absolute Gasteiger partial charge is 0.356 e. The van der Waals surface area contributed by atoms with Crippen LogP contribution in [-0.2, 0) is 6.54 Å². The summed E-state index contributed by atoms with van der Waals surface area (Å²) < 4.78 is 2.26. The van der Waals surface area contributed by atoms with Gasteiger partial charge in [-0.1, -0.05) is 18.2 Å². The van der Waals surface area contributed by atoms with E-state index in [9.17, 15) is 9.59 Å². The first-order chi connectivity index (χ1) is 12.6. The molecule has 0 saturated heterocycles. The molecule has 2 aromatic carbocycles. The molecule has 0 saturated carbocycles. The van der Waals surface area contributed by atoms with Gasteiger partial charge in [-0.15, -0.1) is 0 Å². The molecule has 0 bridgehead atoms. The van der Waals surface area contributed by atoms with Gasteiger partial charge in [0.1, 0.15) is 5.69 Å². The smallest absolute Gasteiger partial charge is 0.272 e. The van der Waals surface area contributed by atoms with Crippen LogP contribution in [0.2, 0.25) is 0 Å². The van der Waals surface area contributed by atoms with E-state index in [0.29, 0.717) is 11.3 Å². The molecular weight excluding hydrogens is 326 g/mol. The van der Waals surface area contributed by atoms with Crippen LogP contribution in [0.1, 0.15) is 34.7 Å². The first-order valence-corrected chi connectivity index (χ1v) is 8.60. The number of carbonyl (C=O) groups excluding carboxylic acids is 2. The van der Waals surface area contributed by atoms with Crippen molar-refractivity contribution < 1.29 is 9.59 Å². The second-order valence-electron chi connectivity index (χ2n) is 6.31. The SMILES string of the molecule is CCn1c2ccccc2c2cc(NC(=O)c3cc(C(C)=O)c[nH]3)ccc21. The van der Waals surface area contributed by atoms with Gasteiger partial charge < -0.3 is 14.9 Å². The lowest BCUT2D eigenvalue weighted by atomic mass is 10.1. The average Bonchev–Trinajstić information content (AvgIpc) is 3.25. The number of aryl methyl sites for hydroxylation is 1. The van der Waals surface area contributed by atoms with Gasteiger partial charge in [-0.2, -0.15) is 0 Å². The van der Waals surface area contributed by atoms with Gasteiger partial charge in [-0.3, -0.25) is 9.59 Å². The lowest BCUT2D eigenvalue weighted by molar-refractivity contribution is 0.101. The average molecular weight is 345 g/mol. The molecule has 5 heteroatoms. The Labute approximate surface area is 150 Å². The highest BCUT2D eigenvalue weighted by Crippen LogP contribution is 2.31. The number of aromatic nitrogens is 2. The number of fused-ring (bicyclic) bond motifs is 3. The van der Waals surface area contributed by atoms with Crippen LogP contribution < -0.4 is 5.32 Å². The summed E-state index contributed by atoms with van der Waals surface area (Å²) in [5.41, 5.74) is 3.91. The Balaban J connectivity index is 1.72. The van der Waals surface area contributed by atoms with Crippen molar-refractivity contribution in [1.29, 1.82) is 0 Å². The number of ketones is 1. The van der Waals surface area contributed by atoms with Crippen LogP contribution in [-0.4, -0.2) is 21.2 Å². The van der Waals surface area contributed by atoms with Crippen LogP contribution in [0.15, 0.2) is 54.7 Å². The lowest BCUT2D eigenvalue weighted by Gasteiger charge is -2.06. The highest BCUT2D eigenvalue weighted by Gasteiger charge is 2.13. The molecule has 0 aliphatic carbocycles. The maximum absolute atomic E-state index is 12.5. The minimum Gasteiger partial charge on any atom is -0.356 e. The van der Waals surface area contributed by atoms with Crippen molar-refractivity contribution in [3.63, 3.8) is 0 Å². The zero-order valence-electron chi connectivity index (χ0n) is 14.7. The fourth-order valence-corrected chi connectivity index (χ4v) is 3.40. The minimum atomic E-state index is -0.268. The highest BCUT2D eigenvalue weighted by molar-refractivity contribution is 6.11. The number of nitrogens with one attached hydrogen (secondary N) is 2. The van der Waals surface area contributed by atoms with Crippen molar-refractivity contribution in [1.82, 2.24) is 9.55 Å². The first kappa shape index (κ1) is 16.1. The fourth-order valence-electron chi connectivity index (χ4n) is 3.40. The van der Waals surface area contributed by atoms with Crippen LogP contribution in [0.25, 0.3) is 21.8 Å². The second kappa shape index (κ2) is 6.19. The Morgan fingerprint density at radius 3 is 2.54 bits per heavy atom. The fraction of sp³-hybridized carbons (Fsp3) is 0.143. The van der Waals surface area contributed by atoms with Crippen molar-refractivity contribution in [3.05, 3.63) is 66.0 Å². The molecular formula is C21H19N3O2. The molecule has 0 fully saturated rings. The zero-order valence-corrected chi connectivity index (χ0v) is 14.7. The number of para-hydroxylation sites is 1. The summed E-state index contributed by atoms with van der Waals surface area (Å²) in [6, 6.07) is 15.8. The maximum Gasteiger partial charge on any atom is 0.272 e. The molecule has 2 heterocycles. The van der Waals surface area contributed by atoms with Crippen LogP contribution in [0.4, 0.5) is 5.69 Å². The lowest BCUT2D eigenvalue weighted by Crippen LogP contribution is -2.12. The minimum absolute atomic E-state index is 0.0749. The summed E-state index contributed by atoms with van der Waals surface area (Å²) in [6.45, 7) is 4.48. The van der Waals surface area contributed by atoms with Crippen molar-refractivity contribution in [2.75, 3.05) is 5.32 Å². The quantitative estimate of drug-likeness (QED) is 0.531. The summed E-state index contributed by atoms with van der Waals surface area (Å²) in [7, 11) is 0. The van der Waals surface area contributed by atoms with E-state index in [1.165, 1.54) is 17.8 Å². The summed E-state index contributed by atoms with van der Waals surface area (Å²) in [4.78, 5) is 26.7. The standard InChI is InChI=1S/C21H19N3O2/c1-3-24-19-7-5-4-6-16(19)17-11-15(8-9-20(17)24)23-21(26)18-10-14(12-22-18)13(2)25/h4-12,22H,3H2,1-2H3,(H,23,26). The van der Waals surface area contributed by atoms with E-state index in [-0.39, 0.29) is 11.7 Å². The Hall–Kier alpha value is -3.34. The number of rotatable bonds is 4. The third-order valence-electron chi connectivity index (χ3n) is 4.68. The molecule has 0 spiro atoms. The van der Waals surface area contributed by atoms with E-state index in [1.54, 1.807) is 12.3 Å². The van der Waals surface area contributed by atoms with E-state index < -0.39 is 0 Å². The molecule has 26 heavy (non-hydrogen) atoms. The van der Waals surface area contributed by atoms with Crippen LogP contribution in [0.5, 0.6) is 0 Å². The zero-order chi connectivity index (χ0) is 18.3. The van der Waals surface area contributed by atoms with Gasteiger partial charge in [0.2, 0.25) is 0 Å². The molecule has 2 aromatic heterocycles. The summed E-state index contributed by atoms with van der Waals surface area (Å²) >= 11 is 0. The number of nitrogens with zero attached hydrogens (tertiary/aromatic N) is 1. The van der Waals surface area contributed by atoms with Gasteiger partial charge in [0, 0.05) is 45.8 Å². The van der Waals surface area contributed by atoms with Crippen molar-refractivity contribution in [2.45, 2.75) is 20.4 Å². The van der Waals surface area contributed by atoms with Gasteiger partial charge in [-0.05, 0) is 44.2 Å². The number of aromatic amines is 1. The Kier molecular flexibility index (Phi) is 3.84. The number of anilines is 1. The Bertz CT molecular complexity index is 1150. The van der Waals surface area contributed by atoms with Crippen molar-refractivity contribution in [2.24, 2.45) is 0 Å². The number of H-pyrrole nitrogens is 1. The first-order valence-electron chi connectivity index (χ1n) is 8.60. The van der Waals surface area contributed by atoms with E-state index in [2.05, 4.69) is 33.9 Å². The highest BCUT2D eigenvalue weighted by atomic mass is 16.2. The monoisotopic (exact) mass is 345 g/mol. The number of amides is 1. The van der Waals surface area contributed by atoms with Crippen LogP contribution in [0.3, 0.4) is 0 Å². The predicted octanol–water partition coefficient (Wildman–Crippen LogP) is 4.60. The molecule has 130 valence electrons. The molecule has 2 N–H and O–H groups in total. The van der Waals surface area contributed by atoms with E-state index >= 15 is 0 Å². The molecule has 1 amide bonds. The molecule has 0 atom stereocenters. The Morgan fingerprint density at radius 2 is 1.81 bits per heavy atom. The summed E-state index contributed by atoms with van der Waals surface area (Å²) in [6.07, 6.45) is 1.55. The van der Waals surface area contributed by atoms with Crippen molar-refractivity contribution >= 4 is 39.2 Å². The molecule has 0 aliphatic rings. The number of Topliss-reactive ketones (excluding diaryl/α,β-unsaturated/α-hetero) is 1. The van der Waals surface area contributed by atoms with Gasteiger partial charge >= 0.3 is 0 Å². The van der Waals surface area contributed by atoms with E-state index in [1.807, 2.05) is 30.3 Å². The van der Waals surface area contributed by atoms with Gasteiger partial charge in [0.05, 0.1) is 0 Å². The molecule has 0 unspecified atom stereocenters. The summed E-state index contributed by atoms with van der Waals surface area (Å²) in [5.74, 6) is -0.342. The molecule has 5 nitrogen and oxygen atoms in total. The number of benzene rings is 2. The summed E-state index contributed by atoms with van der Waals surface area (Å²) in [5, 5.41) is 5.18. The molecule has 4 rings (SSSR count). The van der Waals surface area contributed by atoms with Crippen LogP contribution in [0, 0.1) is 0 Å². The molecule has 4 aromatic rings. The van der Waals surface area contributed by atoms with Gasteiger partial charge in [0.25, 0.3) is 5.91 Å². The third kappa shape index (κ3) is 2.58. The Morgan fingerprint density at radius 1 is 1.04 bits per heavy atom. The van der Waals surface area contributed by atoms with Gasteiger partial charge in [-0.25, -0.2) is 0 Å². The number of hydrogen-bond acceptors (Lipinski definition) is 2. The van der Waals surface area contributed by atoms with E-state index in [0.717, 1.165) is 23.1 Å². The number of carbonyl (C=O) groups is 2. The predicted molar refractivity (Wildman–Crippen MR) is 104 cm³/mol. The van der Waals surface area contributed by atoms with Gasteiger partial charge in [0.15, 0.2) is 5.78 Å². The van der Waals surface area contributed by atoms with E-state index in [4.69, 9.17) is 0 Å². The van der Waals surface area contributed by atoms with Crippen molar-refractivity contribution in [3.8, 4) is 0 Å². The molecule has 0 aliphatic heterocycles. The third-order valence-corrected chi connectivity index (χ3v) is 4.68. The topological polar surface area (TPSA) is 66.9 Å². The normalized spacial score (nSPS) is 11.2. The molecule has 0 radical (unpaired) electrons. The number of hydrogen-bond donors (Lipinski definition) is 2.